The van der Waals surface area contributed by atoms with Gasteiger partial charge in [-0.2, -0.15) is 0 Å². The van der Waals surface area contributed by atoms with Crippen LogP contribution in [0.1, 0.15) is 35.0 Å². The largest absolute Gasteiger partial charge is 0.449 e. The monoisotopic (exact) mass is 485 g/mol. The molecule has 6 nitrogen and oxygen atoms in total. The number of thiazole rings is 1. The maximum Gasteiger partial charge on any atom is 0.407 e. The highest BCUT2D eigenvalue weighted by Gasteiger charge is 2.31. The first kappa shape index (κ1) is 20.7. The lowest BCUT2D eigenvalue weighted by molar-refractivity contribution is -0.119. The molecule has 1 aromatic heterocycles. The van der Waals surface area contributed by atoms with Crippen molar-refractivity contribution in [1.82, 2.24) is 10.3 Å². The molecule has 0 saturated heterocycles. The van der Waals surface area contributed by atoms with Crippen molar-refractivity contribution in [3.63, 3.8) is 0 Å². The van der Waals surface area contributed by atoms with Gasteiger partial charge in [0.15, 0.2) is 5.78 Å². The molecule has 0 fully saturated rings. The minimum Gasteiger partial charge on any atom is -0.449 e. The zero-order valence-electron chi connectivity index (χ0n) is 16.2. The molecule has 30 heavy (non-hydrogen) atoms. The Bertz CT molecular complexity index is 1050. The summed E-state index contributed by atoms with van der Waals surface area (Å²) in [6.45, 7) is 1.56. The smallest absolute Gasteiger partial charge is 0.407 e. The molecule has 2 atom stereocenters. The third kappa shape index (κ3) is 4.03. The van der Waals surface area contributed by atoms with Crippen molar-refractivity contribution in [1.29, 1.82) is 0 Å². The van der Waals surface area contributed by atoms with Gasteiger partial charge in [-0.3, -0.25) is 4.79 Å². The minimum atomic E-state index is -0.918. The van der Waals surface area contributed by atoms with Crippen LogP contribution in [-0.2, 0) is 9.53 Å². The van der Waals surface area contributed by atoms with Crippen LogP contribution in [0.2, 0.25) is 0 Å². The van der Waals surface area contributed by atoms with E-state index in [2.05, 4.69) is 50.5 Å². The first-order valence-corrected chi connectivity index (χ1v) is 11.1. The van der Waals surface area contributed by atoms with Crippen molar-refractivity contribution >= 4 is 39.1 Å². The van der Waals surface area contributed by atoms with Gasteiger partial charge in [-0.05, 0) is 45.1 Å². The van der Waals surface area contributed by atoms with Crippen molar-refractivity contribution in [2.24, 2.45) is 5.73 Å². The summed E-state index contributed by atoms with van der Waals surface area (Å²) in [5.74, 6) is -0.315. The van der Waals surface area contributed by atoms with Gasteiger partial charge < -0.3 is 15.8 Å². The standard InChI is InChI=1S/C22H20BrN3O3S/c1-12(27)20(19(24)21-25-18(23)11-30-21)26-22(28)29-10-17-15-8-4-2-6-13(15)14-7-3-5-9-16(14)17/h2-9,11,17,19-20H,10,24H2,1H3,(H,26,28)/t19-,20-/m1/s1. The van der Waals surface area contributed by atoms with Gasteiger partial charge in [0.25, 0.3) is 0 Å². The number of aromatic nitrogens is 1. The van der Waals surface area contributed by atoms with Crippen LogP contribution < -0.4 is 11.1 Å². The number of nitrogens with zero attached hydrogens (tertiary/aromatic N) is 1. The number of ether oxygens (including phenoxy) is 1. The van der Waals surface area contributed by atoms with E-state index >= 15 is 0 Å². The molecule has 8 heteroatoms. The molecule has 0 unspecified atom stereocenters. The van der Waals surface area contributed by atoms with Gasteiger partial charge in [-0.1, -0.05) is 48.5 Å². The van der Waals surface area contributed by atoms with Gasteiger partial charge in [-0.25, -0.2) is 9.78 Å². The molecule has 1 amide bonds. The second-order valence-electron chi connectivity index (χ2n) is 7.09. The molecule has 4 rings (SSSR count). The molecule has 0 spiro atoms. The zero-order valence-corrected chi connectivity index (χ0v) is 18.6. The first-order chi connectivity index (χ1) is 14.5. The lowest BCUT2D eigenvalue weighted by atomic mass is 9.98. The van der Waals surface area contributed by atoms with E-state index < -0.39 is 18.2 Å². The summed E-state index contributed by atoms with van der Waals surface area (Å²) >= 11 is 4.59. The van der Waals surface area contributed by atoms with Crippen LogP contribution in [0.3, 0.4) is 0 Å². The van der Waals surface area contributed by atoms with E-state index in [-0.39, 0.29) is 18.3 Å². The van der Waals surface area contributed by atoms with Crippen molar-refractivity contribution in [2.75, 3.05) is 6.61 Å². The van der Waals surface area contributed by atoms with Crippen LogP contribution in [0.5, 0.6) is 0 Å². The Morgan fingerprint density at radius 2 is 1.77 bits per heavy atom. The Kier molecular flexibility index (Phi) is 5.99. The molecule has 3 N–H and O–H groups in total. The Morgan fingerprint density at radius 1 is 1.17 bits per heavy atom. The van der Waals surface area contributed by atoms with Crippen molar-refractivity contribution in [3.8, 4) is 11.1 Å². The Hall–Kier alpha value is -2.55. The summed E-state index contributed by atoms with van der Waals surface area (Å²) in [5.41, 5.74) is 10.7. The summed E-state index contributed by atoms with van der Waals surface area (Å²) in [6.07, 6.45) is -0.678. The number of carbonyl (C=O) groups is 2. The fourth-order valence-corrected chi connectivity index (χ4v) is 5.08. The highest BCUT2D eigenvalue weighted by atomic mass is 79.9. The third-order valence-corrected chi connectivity index (χ3v) is 6.85. The minimum absolute atomic E-state index is 0.0532. The van der Waals surface area contributed by atoms with Gasteiger partial charge in [0.1, 0.15) is 22.3 Å². The van der Waals surface area contributed by atoms with Crippen LogP contribution in [0.4, 0.5) is 4.79 Å². The highest BCUT2D eigenvalue weighted by Crippen LogP contribution is 2.44. The molecule has 0 saturated carbocycles. The van der Waals surface area contributed by atoms with Gasteiger partial charge in [0, 0.05) is 11.3 Å². The number of Topliss-reactive ketones (excluding diaryl/α,β-unsaturated/α-hetero) is 1. The van der Waals surface area contributed by atoms with Gasteiger partial charge in [0.2, 0.25) is 0 Å². The summed E-state index contributed by atoms with van der Waals surface area (Å²) in [6, 6.07) is 14.5. The average Bonchev–Trinajstić information content (AvgIpc) is 3.31. The molecule has 0 bridgehead atoms. The molecule has 3 aromatic rings. The maximum atomic E-state index is 12.5. The Morgan fingerprint density at radius 3 is 2.30 bits per heavy atom. The molecule has 1 heterocycles. The summed E-state index contributed by atoms with van der Waals surface area (Å²) < 4.78 is 6.17. The molecular weight excluding hydrogens is 466 g/mol. The lowest BCUT2D eigenvalue weighted by Crippen LogP contribution is -2.47. The van der Waals surface area contributed by atoms with E-state index in [1.54, 1.807) is 5.38 Å². The fraction of sp³-hybridized carbons (Fsp3) is 0.227. The van der Waals surface area contributed by atoms with Crippen LogP contribution >= 0.6 is 27.3 Å². The quantitative estimate of drug-likeness (QED) is 0.539. The predicted molar refractivity (Wildman–Crippen MR) is 119 cm³/mol. The van der Waals surface area contributed by atoms with E-state index in [1.807, 2.05) is 24.3 Å². The number of rotatable bonds is 6. The SMILES string of the molecule is CC(=O)[C@@H](NC(=O)OCC1c2ccccc2-c2ccccc21)[C@@H](N)c1nc(Br)cs1. The van der Waals surface area contributed by atoms with Crippen molar-refractivity contribution in [3.05, 3.63) is 74.6 Å². The van der Waals surface area contributed by atoms with Gasteiger partial charge in [-0.15, -0.1) is 11.3 Å². The number of hydrogen-bond acceptors (Lipinski definition) is 6. The van der Waals surface area contributed by atoms with Gasteiger partial charge in [0.05, 0.1) is 6.04 Å². The van der Waals surface area contributed by atoms with E-state index in [0.29, 0.717) is 9.61 Å². The van der Waals surface area contributed by atoms with Crippen LogP contribution in [0, 0.1) is 0 Å². The normalized spacial score (nSPS) is 14.5. The number of alkyl carbamates (subject to hydrolysis) is 1. The lowest BCUT2D eigenvalue weighted by Gasteiger charge is -2.21. The zero-order chi connectivity index (χ0) is 21.3. The molecule has 1 aliphatic rings. The van der Waals surface area contributed by atoms with E-state index in [0.717, 1.165) is 22.3 Å². The highest BCUT2D eigenvalue weighted by molar-refractivity contribution is 9.10. The van der Waals surface area contributed by atoms with Crippen molar-refractivity contribution < 1.29 is 14.3 Å². The topological polar surface area (TPSA) is 94.3 Å². The number of hydrogen-bond donors (Lipinski definition) is 2. The third-order valence-electron chi connectivity index (χ3n) is 5.19. The molecule has 1 aliphatic carbocycles. The predicted octanol–water partition coefficient (Wildman–Crippen LogP) is 4.40. The second-order valence-corrected chi connectivity index (χ2v) is 8.79. The number of nitrogens with one attached hydrogen (secondary N) is 1. The summed E-state index contributed by atoms with van der Waals surface area (Å²) in [4.78, 5) is 28.9. The van der Waals surface area contributed by atoms with E-state index in [9.17, 15) is 9.59 Å². The molecule has 154 valence electrons. The number of carbonyl (C=O) groups excluding carboxylic acids is 2. The maximum absolute atomic E-state index is 12.5. The summed E-state index contributed by atoms with van der Waals surface area (Å²) in [7, 11) is 0. The first-order valence-electron chi connectivity index (χ1n) is 9.44. The molecular formula is C22H20BrN3O3S. The molecule has 0 radical (unpaired) electrons. The molecule has 0 aliphatic heterocycles. The number of fused-ring (bicyclic) bond motifs is 3. The summed E-state index contributed by atoms with van der Waals surface area (Å²) in [5, 5.41) is 4.95. The second kappa shape index (κ2) is 8.67. The average molecular weight is 486 g/mol. The van der Waals surface area contributed by atoms with E-state index in [4.69, 9.17) is 10.5 Å². The Balaban J connectivity index is 1.46. The number of benzene rings is 2. The number of nitrogens with two attached hydrogens (primary N) is 1. The number of amides is 1. The Labute approximate surface area is 186 Å². The number of ketones is 1. The number of halogens is 1. The molecule has 2 aromatic carbocycles. The van der Waals surface area contributed by atoms with Crippen LogP contribution in [-0.4, -0.2) is 29.5 Å². The fourth-order valence-electron chi connectivity index (χ4n) is 3.77. The van der Waals surface area contributed by atoms with Crippen LogP contribution in [0.25, 0.3) is 11.1 Å². The van der Waals surface area contributed by atoms with Gasteiger partial charge >= 0.3 is 6.09 Å². The van der Waals surface area contributed by atoms with Crippen molar-refractivity contribution in [2.45, 2.75) is 24.9 Å². The van der Waals surface area contributed by atoms with Crippen LogP contribution in [0.15, 0.2) is 58.5 Å². The van der Waals surface area contributed by atoms with E-state index in [1.165, 1.54) is 18.3 Å².